The number of rotatable bonds is 6. The highest BCUT2D eigenvalue weighted by Crippen LogP contribution is 2.21. The van der Waals surface area contributed by atoms with Gasteiger partial charge in [0.15, 0.2) is 0 Å². The van der Waals surface area contributed by atoms with E-state index < -0.39 is 0 Å². The lowest BCUT2D eigenvalue weighted by atomic mass is 10.0. The maximum atomic E-state index is 11.3. The Morgan fingerprint density at radius 1 is 1.42 bits per heavy atom. The van der Waals surface area contributed by atoms with Crippen LogP contribution in [-0.2, 0) is 17.8 Å². The van der Waals surface area contributed by atoms with Gasteiger partial charge in [-0.05, 0) is 44.5 Å². The Labute approximate surface area is 119 Å². The Morgan fingerprint density at radius 2 is 2.11 bits per heavy atom. The summed E-state index contributed by atoms with van der Waals surface area (Å²) in [6, 6.07) is 4.84. The molecule has 1 saturated heterocycles. The van der Waals surface area contributed by atoms with Gasteiger partial charge in [-0.15, -0.1) is 11.3 Å². The van der Waals surface area contributed by atoms with Crippen molar-refractivity contribution < 1.29 is 4.79 Å². The highest BCUT2D eigenvalue weighted by atomic mass is 32.1. The number of hydrogen-bond donors (Lipinski definition) is 2. The minimum atomic E-state index is -0.231. The van der Waals surface area contributed by atoms with Crippen molar-refractivity contribution in [2.24, 2.45) is 5.73 Å². The van der Waals surface area contributed by atoms with E-state index >= 15 is 0 Å². The summed E-state index contributed by atoms with van der Waals surface area (Å²) in [4.78, 5) is 16.2. The molecule has 1 fully saturated rings. The molecule has 0 aromatic carbocycles. The molecule has 0 radical (unpaired) electrons. The standard InChI is InChI=1S/C14H23N3OS/c1-2-12-3-4-13(19-12)9-17(10-14(15)18)11-5-7-16-8-6-11/h3-4,11,16H,2,5-10H2,1H3,(H2,15,18). The lowest BCUT2D eigenvalue weighted by molar-refractivity contribution is -0.120. The second-order valence-corrected chi connectivity index (χ2v) is 6.33. The van der Waals surface area contributed by atoms with Gasteiger partial charge in [0, 0.05) is 22.3 Å². The average molecular weight is 281 g/mol. The van der Waals surface area contributed by atoms with Crippen molar-refractivity contribution in [3.63, 3.8) is 0 Å². The van der Waals surface area contributed by atoms with Gasteiger partial charge in [-0.3, -0.25) is 9.69 Å². The molecule has 5 heteroatoms. The van der Waals surface area contributed by atoms with Gasteiger partial charge in [0.25, 0.3) is 0 Å². The van der Waals surface area contributed by atoms with Crippen molar-refractivity contribution >= 4 is 17.2 Å². The van der Waals surface area contributed by atoms with Crippen molar-refractivity contribution in [3.8, 4) is 0 Å². The van der Waals surface area contributed by atoms with E-state index in [0.29, 0.717) is 12.6 Å². The molecule has 2 rings (SSSR count). The van der Waals surface area contributed by atoms with Gasteiger partial charge in [-0.1, -0.05) is 6.92 Å². The first-order valence-corrected chi connectivity index (χ1v) is 7.81. The third-order valence-corrected chi connectivity index (χ3v) is 4.82. The number of carbonyl (C=O) groups excluding carboxylic acids is 1. The number of nitrogens with one attached hydrogen (secondary N) is 1. The van der Waals surface area contributed by atoms with Crippen molar-refractivity contribution in [3.05, 3.63) is 21.9 Å². The van der Waals surface area contributed by atoms with E-state index in [2.05, 4.69) is 29.3 Å². The number of nitrogens with two attached hydrogens (primary N) is 1. The fraction of sp³-hybridized carbons (Fsp3) is 0.643. The molecule has 0 spiro atoms. The van der Waals surface area contributed by atoms with Crippen LogP contribution in [0.2, 0.25) is 0 Å². The third-order valence-electron chi connectivity index (χ3n) is 3.61. The number of primary amides is 1. The number of thiophene rings is 1. The SMILES string of the molecule is CCc1ccc(CN(CC(N)=O)C2CCNCC2)s1. The summed E-state index contributed by atoms with van der Waals surface area (Å²) >= 11 is 1.84. The predicted molar refractivity (Wildman–Crippen MR) is 79.2 cm³/mol. The van der Waals surface area contributed by atoms with Gasteiger partial charge >= 0.3 is 0 Å². The Hall–Kier alpha value is -0.910. The van der Waals surface area contributed by atoms with E-state index in [4.69, 9.17) is 5.73 Å². The monoisotopic (exact) mass is 281 g/mol. The van der Waals surface area contributed by atoms with E-state index in [1.807, 2.05) is 11.3 Å². The lowest BCUT2D eigenvalue weighted by Crippen LogP contribution is -2.45. The van der Waals surface area contributed by atoms with Crippen LogP contribution in [0.1, 0.15) is 29.5 Å². The summed E-state index contributed by atoms with van der Waals surface area (Å²) in [6.07, 6.45) is 3.27. The quantitative estimate of drug-likeness (QED) is 0.827. The third kappa shape index (κ3) is 4.30. The molecule has 1 aliphatic rings. The molecule has 1 aliphatic heterocycles. The van der Waals surface area contributed by atoms with Gasteiger partial charge in [0.1, 0.15) is 0 Å². The Bertz CT molecular complexity index is 413. The Morgan fingerprint density at radius 3 is 2.68 bits per heavy atom. The number of hydrogen-bond acceptors (Lipinski definition) is 4. The summed E-state index contributed by atoms with van der Waals surface area (Å²) < 4.78 is 0. The second kappa shape index (κ2) is 7.03. The van der Waals surface area contributed by atoms with E-state index in [1.54, 1.807) is 0 Å². The van der Waals surface area contributed by atoms with Crippen molar-refractivity contribution in [1.82, 2.24) is 10.2 Å². The number of carbonyl (C=O) groups is 1. The van der Waals surface area contributed by atoms with Crippen LogP contribution in [0.15, 0.2) is 12.1 Å². The number of aryl methyl sites for hydroxylation is 1. The van der Waals surface area contributed by atoms with Crippen LogP contribution < -0.4 is 11.1 Å². The minimum absolute atomic E-state index is 0.231. The molecule has 0 unspecified atom stereocenters. The zero-order valence-electron chi connectivity index (χ0n) is 11.5. The Kier molecular flexibility index (Phi) is 5.36. The molecule has 0 aliphatic carbocycles. The zero-order chi connectivity index (χ0) is 13.7. The predicted octanol–water partition coefficient (Wildman–Crippen LogP) is 1.35. The maximum Gasteiger partial charge on any atom is 0.231 e. The van der Waals surface area contributed by atoms with Gasteiger partial charge in [0.2, 0.25) is 5.91 Å². The van der Waals surface area contributed by atoms with E-state index in [0.717, 1.165) is 38.9 Å². The van der Waals surface area contributed by atoms with E-state index in [-0.39, 0.29) is 5.91 Å². The molecular weight excluding hydrogens is 258 g/mol. The van der Waals surface area contributed by atoms with Crippen LogP contribution >= 0.6 is 11.3 Å². The molecule has 3 N–H and O–H groups in total. The molecule has 0 bridgehead atoms. The fourth-order valence-corrected chi connectivity index (χ4v) is 3.57. The molecule has 19 heavy (non-hydrogen) atoms. The molecule has 1 amide bonds. The summed E-state index contributed by atoms with van der Waals surface area (Å²) in [6.45, 7) is 5.45. The second-order valence-electron chi connectivity index (χ2n) is 5.07. The van der Waals surface area contributed by atoms with E-state index in [9.17, 15) is 4.79 Å². The van der Waals surface area contributed by atoms with Gasteiger partial charge in [0.05, 0.1) is 6.54 Å². The smallest absolute Gasteiger partial charge is 0.231 e. The highest BCUT2D eigenvalue weighted by Gasteiger charge is 2.22. The highest BCUT2D eigenvalue weighted by molar-refractivity contribution is 7.11. The molecular formula is C14H23N3OS. The summed E-state index contributed by atoms with van der Waals surface area (Å²) in [5.74, 6) is -0.231. The van der Waals surface area contributed by atoms with Crippen LogP contribution in [0.25, 0.3) is 0 Å². The van der Waals surface area contributed by atoms with Gasteiger partial charge < -0.3 is 11.1 Å². The van der Waals surface area contributed by atoms with Crippen LogP contribution in [0.5, 0.6) is 0 Å². The summed E-state index contributed by atoms with van der Waals surface area (Å²) in [5, 5.41) is 3.36. The zero-order valence-corrected chi connectivity index (χ0v) is 12.3. The van der Waals surface area contributed by atoms with Crippen molar-refractivity contribution in [2.45, 2.75) is 38.8 Å². The normalized spacial score (nSPS) is 16.9. The first-order chi connectivity index (χ1) is 9.19. The van der Waals surface area contributed by atoms with Crippen LogP contribution in [0.4, 0.5) is 0 Å². The van der Waals surface area contributed by atoms with Crippen LogP contribution in [0.3, 0.4) is 0 Å². The van der Waals surface area contributed by atoms with Crippen molar-refractivity contribution in [2.75, 3.05) is 19.6 Å². The molecule has 1 aromatic rings. The molecule has 0 atom stereocenters. The fourth-order valence-electron chi connectivity index (χ4n) is 2.58. The van der Waals surface area contributed by atoms with Crippen molar-refractivity contribution in [1.29, 1.82) is 0 Å². The van der Waals surface area contributed by atoms with Gasteiger partial charge in [-0.2, -0.15) is 0 Å². The average Bonchev–Trinajstić information content (AvgIpc) is 2.86. The maximum absolute atomic E-state index is 11.3. The largest absolute Gasteiger partial charge is 0.369 e. The molecule has 4 nitrogen and oxygen atoms in total. The molecule has 1 aromatic heterocycles. The summed E-state index contributed by atoms with van der Waals surface area (Å²) in [7, 11) is 0. The first-order valence-electron chi connectivity index (χ1n) is 6.99. The Balaban J connectivity index is 2.01. The first kappa shape index (κ1) is 14.5. The molecule has 0 saturated carbocycles. The number of amides is 1. The van der Waals surface area contributed by atoms with Gasteiger partial charge in [-0.25, -0.2) is 0 Å². The number of piperidine rings is 1. The molecule has 106 valence electrons. The summed E-state index contributed by atoms with van der Waals surface area (Å²) in [5.41, 5.74) is 5.39. The number of nitrogens with zero attached hydrogens (tertiary/aromatic N) is 1. The topological polar surface area (TPSA) is 58.4 Å². The van der Waals surface area contributed by atoms with Crippen LogP contribution in [-0.4, -0.2) is 36.5 Å². The minimum Gasteiger partial charge on any atom is -0.369 e. The molecule has 2 heterocycles. The van der Waals surface area contributed by atoms with Crippen LogP contribution in [0, 0.1) is 0 Å². The lowest BCUT2D eigenvalue weighted by Gasteiger charge is -2.33. The van der Waals surface area contributed by atoms with E-state index in [1.165, 1.54) is 9.75 Å².